The molecule has 0 saturated heterocycles. The van der Waals surface area contributed by atoms with E-state index in [1.807, 2.05) is 41.3 Å². The highest BCUT2D eigenvalue weighted by Gasteiger charge is 2.42. The van der Waals surface area contributed by atoms with Gasteiger partial charge in [0.15, 0.2) is 11.5 Å². The number of methoxy groups -OCH3 is 1. The lowest BCUT2D eigenvalue weighted by Gasteiger charge is -2.26. The third-order valence-electron chi connectivity index (χ3n) is 4.55. The maximum Gasteiger partial charge on any atom is 0.275 e. The van der Waals surface area contributed by atoms with E-state index in [9.17, 15) is 4.79 Å². The van der Waals surface area contributed by atoms with Crippen LogP contribution in [0.2, 0.25) is 0 Å². The Morgan fingerprint density at radius 3 is 2.81 bits per heavy atom. The van der Waals surface area contributed by atoms with E-state index in [2.05, 4.69) is 26.1 Å². The molecule has 7 heteroatoms. The molecule has 2 aromatic heterocycles. The molecule has 0 fully saturated rings. The molecular formula is C19H18BrN3O3. The average Bonchev–Trinajstić information content (AvgIpc) is 3.35. The third kappa shape index (κ3) is 2.87. The van der Waals surface area contributed by atoms with Gasteiger partial charge in [-0.15, -0.1) is 0 Å². The van der Waals surface area contributed by atoms with Gasteiger partial charge in [0.2, 0.25) is 0 Å². The van der Waals surface area contributed by atoms with Crippen LogP contribution >= 0.6 is 15.9 Å². The Morgan fingerprint density at radius 2 is 2.12 bits per heavy atom. The quantitative estimate of drug-likeness (QED) is 0.617. The van der Waals surface area contributed by atoms with Gasteiger partial charge in [-0.3, -0.25) is 9.89 Å². The second-order valence-corrected chi connectivity index (χ2v) is 7.05. The first-order chi connectivity index (χ1) is 12.7. The Balaban J connectivity index is 1.80. The predicted octanol–water partition coefficient (Wildman–Crippen LogP) is 4.01. The summed E-state index contributed by atoms with van der Waals surface area (Å²) in [4.78, 5) is 14.8. The minimum atomic E-state index is -0.207. The summed E-state index contributed by atoms with van der Waals surface area (Å²) in [7, 11) is 1.66. The topological polar surface area (TPSA) is 71.4 Å². The highest BCUT2D eigenvalue weighted by atomic mass is 79.9. The molecular weight excluding hydrogens is 398 g/mol. The lowest BCUT2D eigenvalue weighted by atomic mass is 9.98. The van der Waals surface area contributed by atoms with Gasteiger partial charge in [-0.25, -0.2) is 0 Å². The first kappa shape index (κ1) is 17.1. The highest BCUT2D eigenvalue weighted by Crippen LogP contribution is 2.43. The Labute approximate surface area is 159 Å². The van der Waals surface area contributed by atoms with Gasteiger partial charge in [0.1, 0.15) is 5.69 Å². The largest absolute Gasteiger partial charge is 0.463 e. The summed E-state index contributed by atoms with van der Waals surface area (Å²) in [5, 5.41) is 7.27. The fourth-order valence-corrected chi connectivity index (χ4v) is 3.66. The molecule has 134 valence electrons. The van der Waals surface area contributed by atoms with Crippen molar-refractivity contribution in [2.75, 3.05) is 20.3 Å². The van der Waals surface area contributed by atoms with E-state index >= 15 is 0 Å². The molecule has 1 aromatic carbocycles. The van der Waals surface area contributed by atoms with Crippen LogP contribution in [0.5, 0.6) is 0 Å². The third-order valence-corrected chi connectivity index (χ3v) is 5.08. The Bertz CT molecular complexity index is 903. The number of fused-ring (bicyclic) bond motifs is 1. The summed E-state index contributed by atoms with van der Waals surface area (Å²) in [6, 6.07) is 11.5. The molecule has 6 nitrogen and oxygen atoms in total. The number of hydrogen-bond donors (Lipinski definition) is 1. The number of nitrogens with one attached hydrogen (secondary N) is 1. The number of carbonyl (C=O) groups is 1. The fraction of sp³-hybridized carbons (Fsp3) is 0.263. The summed E-state index contributed by atoms with van der Waals surface area (Å²) in [6.45, 7) is 1.20. The van der Waals surface area contributed by atoms with E-state index in [1.165, 1.54) is 0 Å². The van der Waals surface area contributed by atoms with Gasteiger partial charge >= 0.3 is 0 Å². The van der Waals surface area contributed by atoms with E-state index in [4.69, 9.17) is 9.15 Å². The summed E-state index contributed by atoms with van der Waals surface area (Å²) >= 11 is 3.47. The van der Waals surface area contributed by atoms with Crippen LogP contribution in [-0.4, -0.2) is 41.3 Å². The van der Waals surface area contributed by atoms with Gasteiger partial charge in [-0.2, -0.15) is 5.10 Å². The zero-order valence-electron chi connectivity index (χ0n) is 14.2. The normalized spacial score (nSPS) is 16.3. The molecule has 1 aliphatic heterocycles. The standard InChI is InChI=1S/C19H18BrN3O3/c1-25-10-3-9-23-18(12-5-7-13(20)8-6-12)15-16(14-4-2-11-26-14)21-22-17(15)19(23)24/h2,4-8,11,18H,3,9-10H2,1H3,(H,21,22). The van der Waals surface area contributed by atoms with Gasteiger partial charge in [-0.1, -0.05) is 28.1 Å². The molecule has 3 heterocycles. The number of ether oxygens (including phenoxy) is 1. The number of H-pyrrole nitrogens is 1. The number of amides is 1. The zero-order chi connectivity index (χ0) is 18.1. The molecule has 1 aliphatic rings. The van der Waals surface area contributed by atoms with Crippen molar-refractivity contribution in [3.05, 3.63) is 64.0 Å². The molecule has 0 bridgehead atoms. The van der Waals surface area contributed by atoms with Crippen LogP contribution in [0.25, 0.3) is 11.5 Å². The number of benzene rings is 1. The predicted molar refractivity (Wildman–Crippen MR) is 99.8 cm³/mol. The number of nitrogens with zero attached hydrogens (tertiary/aromatic N) is 2. The Morgan fingerprint density at radius 1 is 1.31 bits per heavy atom. The average molecular weight is 416 g/mol. The number of rotatable bonds is 6. The van der Waals surface area contributed by atoms with E-state index in [-0.39, 0.29) is 11.9 Å². The van der Waals surface area contributed by atoms with Gasteiger partial charge in [0.25, 0.3) is 5.91 Å². The van der Waals surface area contributed by atoms with Gasteiger partial charge < -0.3 is 14.1 Å². The van der Waals surface area contributed by atoms with Gasteiger partial charge in [-0.05, 0) is 36.2 Å². The Kier molecular flexibility index (Phi) is 4.65. The number of furan rings is 1. The summed E-state index contributed by atoms with van der Waals surface area (Å²) in [5.74, 6) is 0.602. The molecule has 3 aromatic rings. The molecule has 0 spiro atoms. The number of carbonyl (C=O) groups excluding carboxylic acids is 1. The molecule has 1 amide bonds. The van der Waals surface area contributed by atoms with Crippen LogP contribution in [0.3, 0.4) is 0 Å². The van der Waals surface area contributed by atoms with Crippen LogP contribution in [-0.2, 0) is 4.74 Å². The van der Waals surface area contributed by atoms with Crippen molar-refractivity contribution in [1.29, 1.82) is 0 Å². The van der Waals surface area contributed by atoms with Crippen molar-refractivity contribution in [1.82, 2.24) is 15.1 Å². The lowest BCUT2D eigenvalue weighted by molar-refractivity contribution is 0.0723. The van der Waals surface area contributed by atoms with Crippen molar-refractivity contribution >= 4 is 21.8 Å². The van der Waals surface area contributed by atoms with Crippen molar-refractivity contribution in [3.8, 4) is 11.5 Å². The zero-order valence-corrected chi connectivity index (χ0v) is 15.8. The van der Waals surface area contributed by atoms with Crippen LogP contribution in [0, 0.1) is 0 Å². The second kappa shape index (κ2) is 7.09. The van der Waals surface area contributed by atoms with E-state index in [0.29, 0.717) is 24.6 Å². The summed E-state index contributed by atoms with van der Waals surface area (Å²) < 4.78 is 11.7. The van der Waals surface area contributed by atoms with Crippen molar-refractivity contribution in [3.63, 3.8) is 0 Å². The van der Waals surface area contributed by atoms with Crippen molar-refractivity contribution in [2.24, 2.45) is 0 Å². The smallest absolute Gasteiger partial charge is 0.275 e. The molecule has 1 atom stereocenters. The SMILES string of the molecule is COCCCN1C(=O)c2n[nH]c(-c3ccco3)c2C1c1ccc(Br)cc1. The van der Waals surface area contributed by atoms with Crippen LogP contribution in [0.15, 0.2) is 51.6 Å². The van der Waals surface area contributed by atoms with Crippen molar-refractivity contribution < 1.29 is 13.9 Å². The molecule has 0 aliphatic carbocycles. The highest BCUT2D eigenvalue weighted by molar-refractivity contribution is 9.10. The van der Waals surface area contributed by atoms with E-state index < -0.39 is 0 Å². The molecule has 1 unspecified atom stereocenters. The van der Waals surface area contributed by atoms with Crippen LogP contribution in [0.4, 0.5) is 0 Å². The van der Waals surface area contributed by atoms with Crippen LogP contribution < -0.4 is 0 Å². The maximum atomic E-state index is 13.0. The van der Waals surface area contributed by atoms with Gasteiger partial charge in [0.05, 0.1) is 12.3 Å². The molecule has 26 heavy (non-hydrogen) atoms. The van der Waals surface area contributed by atoms with Crippen LogP contribution in [0.1, 0.15) is 34.1 Å². The van der Waals surface area contributed by atoms with E-state index in [1.54, 1.807) is 13.4 Å². The van der Waals surface area contributed by atoms with Crippen molar-refractivity contribution in [2.45, 2.75) is 12.5 Å². The maximum absolute atomic E-state index is 13.0. The molecule has 1 N–H and O–H groups in total. The monoisotopic (exact) mass is 415 g/mol. The second-order valence-electron chi connectivity index (χ2n) is 6.14. The molecule has 4 rings (SSSR count). The number of aromatic amines is 1. The minimum absolute atomic E-state index is 0.0712. The summed E-state index contributed by atoms with van der Waals surface area (Å²) in [6.07, 6.45) is 2.38. The minimum Gasteiger partial charge on any atom is -0.463 e. The molecule has 0 saturated carbocycles. The Hall–Kier alpha value is -2.38. The first-order valence-corrected chi connectivity index (χ1v) is 9.17. The molecule has 0 radical (unpaired) electrons. The number of halogens is 1. The van der Waals surface area contributed by atoms with Gasteiger partial charge in [0, 0.05) is 30.3 Å². The lowest BCUT2D eigenvalue weighted by Crippen LogP contribution is -2.31. The first-order valence-electron chi connectivity index (χ1n) is 8.38. The van der Waals surface area contributed by atoms with E-state index in [0.717, 1.165) is 27.7 Å². The fourth-order valence-electron chi connectivity index (χ4n) is 3.40. The summed E-state index contributed by atoms with van der Waals surface area (Å²) in [5.41, 5.74) is 3.11. The number of aromatic nitrogens is 2. The number of hydrogen-bond acceptors (Lipinski definition) is 4.